The van der Waals surface area contributed by atoms with E-state index >= 15 is 0 Å². The van der Waals surface area contributed by atoms with Gasteiger partial charge in [0, 0.05) is 32.6 Å². The molecule has 1 aliphatic rings. The Balaban J connectivity index is 1.97. The fraction of sp³-hybridized carbons (Fsp3) is 0.556. The Bertz CT molecular complexity index is 668. The fourth-order valence-electron chi connectivity index (χ4n) is 2.63. The van der Waals surface area contributed by atoms with Crippen LogP contribution in [0.3, 0.4) is 0 Å². The van der Waals surface area contributed by atoms with Crippen LogP contribution in [0.25, 0.3) is 0 Å². The van der Waals surface area contributed by atoms with Crippen LogP contribution >= 0.6 is 0 Å². The summed E-state index contributed by atoms with van der Waals surface area (Å²) in [6, 6.07) is 3.29. The van der Waals surface area contributed by atoms with Crippen molar-refractivity contribution in [1.82, 2.24) is 9.80 Å². The van der Waals surface area contributed by atoms with Crippen molar-refractivity contribution in [3.8, 4) is 11.8 Å². The largest absolute Gasteiger partial charge is 0.460 e. The lowest BCUT2D eigenvalue weighted by Crippen LogP contribution is -2.45. The molecule has 2 rings (SSSR count). The van der Waals surface area contributed by atoms with Crippen LogP contribution in [0.1, 0.15) is 30.4 Å². The molecule has 2 heterocycles. The lowest BCUT2D eigenvalue weighted by Gasteiger charge is -2.35. The Morgan fingerprint density at radius 2 is 2.04 bits per heavy atom. The number of amides is 1. The molecule has 0 bridgehead atoms. The summed E-state index contributed by atoms with van der Waals surface area (Å²) in [5.41, 5.74) is 5.00. The summed E-state index contributed by atoms with van der Waals surface area (Å²) in [5, 5.41) is 9.02. The molecule has 1 unspecified atom stereocenters. The molecule has 8 nitrogen and oxygen atoms in total. The lowest BCUT2D eigenvalue weighted by atomic mass is 10.1. The number of carbonyl (C=O) groups excluding carboxylic acids is 2. The molecule has 1 saturated heterocycles. The summed E-state index contributed by atoms with van der Waals surface area (Å²) in [7, 11) is 2.07. The van der Waals surface area contributed by atoms with E-state index in [0.29, 0.717) is 11.5 Å². The van der Waals surface area contributed by atoms with E-state index in [-0.39, 0.29) is 32.1 Å². The molecule has 0 saturated carbocycles. The average molecular weight is 363 g/mol. The molecular weight excluding hydrogens is 338 g/mol. The van der Waals surface area contributed by atoms with Crippen molar-refractivity contribution in [1.29, 1.82) is 0 Å². The summed E-state index contributed by atoms with van der Waals surface area (Å²) >= 11 is 0. The van der Waals surface area contributed by atoms with Crippen molar-refractivity contribution in [2.24, 2.45) is 5.73 Å². The normalized spacial score (nSPS) is 16.5. The fourth-order valence-corrected chi connectivity index (χ4v) is 2.63. The summed E-state index contributed by atoms with van der Waals surface area (Å²) < 4.78 is 10.9. The number of aliphatic hydroxyl groups excluding tert-OH is 1. The number of nitrogens with zero attached hydrogens (tertiary/aromatic N) is 2. The van der Waals surface area contributed by atoms with Gasteiger partial charge >= 0.3 is 5.97 Å². The van der Waals surface area contributed by atoms with Gasteiger partial charge in [-0.2, -0.15) is 0 Å². The molecule has 0 spiro atoms. The molecule has 0 aliphatic carbocycles. The molecule has 26 heavy (non-hydrogen) atoms. The number of ether oxygens (including phenoxy) is 1. The Hall–Kier alpha value is -2.34. The van der Waals surface area contributed by atoms with Gasteiger partial charge in [0.15, 0.2) is 0 Å². The van der Waals surface area contributed by atoms with E-state index in [1.54, 1.807) is 6.07 Å². The number of hydrogen-bond donors (Lipinski definition) is 2. The number of primary amides is 1. The molecule has 1 aliphatic heterocycles. The van der Waals surface area contributed by atoms with E-state index in [0.717, 1.165) is 26.2 Å². The molecular formula is C18H25N3O5. The molecule has 1 amide bonds. The van der Waals surface area contributed by atoms with Gasteiger partial charge in [0.25, 0.3) is 0 Å². The number of furan rings is 1. The van der Waals surface area contributed by atoms with Crippen LogP contribution in [0.2, 0.25) is 0 Å². The first-order chi connectivity index (χ1) is 12.5. The zero-order chi connectivity index (χ0) is 18.9. The minimum Gasteiger partial charge on any atom is -0.460 e. The third-order valence-electron chi connectivity index (χ3n) is 4.12. The minimum atomic E-state index is -0.542. The van der Waals surface area contributed by atoms with E-state index in [2.05, 4.69) is 28.7 Å². The molecule has 8 heteroatoms. The van der Waals surface area contributed by atoms with Gasteiger partial charge in [-0.3, -0.25) is 14.5 Å². The van der Waals surface area contributed by atoms with Crippen LogP contribution in [0.15, 0.2) is 16.5 Å². The van der Waals surface area contributed by atoms with Crippen LogP contribution < -0.4 is 5.73 Å². The first-order valence-electron chi connectivity index (χ1n) is 8.54. The zero-order valence-electron chi connectivity index (χ0n) is 14.9. The quantitative estimate of drug-likeness (QED) is 0.513. The van der Waals surface area contributed by atoms with E-state index in [1.165, 1.54) is 0 Å². The lowest BCUT2D eigenvalue weighted by molar-refractivity contribution is -0.146. The number of nitrogens with two attached hydrogens (primary N) is 1. The van der Waals surface area contributed by atoms with Gasteiger partial charge in [0.2, 0.25) is 5.91 Å². The Morgan fingerprint density at radius 1 is 1.31 bits per heavy atom. The first-order valence-corrected chi connectivity index (χ1v) is 8.54. The number of aliphatic hydroxyl groups is 1. The van der Waals surface area contributed by atoms with Crippen LogP contribution in [-0.4, -0.2) is 66.6 Å². The molecule has 3 N–H and O–H groups in total. The van der Waals surface area contributed by atoms with Crippen LogP contribution in [0, 0.1) is 11.8 Å². The monoisotopic (exact) mass is 363 g/mol. The molecule has 1 aromatic rings. The molecule has 1 atom stereocenters. The maximum Gasteiger partial charge on any atom is 0.306 e. The van der Waals surface area contributed by atoms with Crippen LogP contribution in [-0.2, 0) is 20.9 Å². The van der Waals surface area contributed by atoms with E-state index in [1.807, 2.05) is 6.07 Å². The predicted molar refractivity (Wildman–Crippen MR) is 93.6 cm³/mol. The maximum absolute atomic E-state index is 11.5. The third-order valence-corrected chi connectivity index (χ3v) is 4.12. The highest BCUT2D eigenvalue weighted by atomic mass is 16.5. The van der Waals surface area contributed by atoms with Gasteiger partial charge < -0.3 is 24.9 Å². The molecule has 1 fully saturated rings. The number of hydrogen-bond acceptors (Lipinski definition) is 7. The second-order valence-electron chi connectivity index (χ2n) is 6.15. The van der Waals surface area contributed by atoms with Crippen molar-refractivity contribution >= 4 is 11.9 Å². The van der Waals surface area contributed by atoms with Crippen LogP contribution in [0.4, 0.5) is 0 Å². The average Bonchev–Trinajstić information content (AvgIpc) is 3.08. The van der Waals surface area contributed by atoms with Crippen molar-refractivity contribution in [2.75, 3.05) is 39.8 Å². The SMILES string of the molecule is CN1CCN(C(C#CCO)c2ccc(COC(=O)CCC(N)=O)o2)CC1. The molecule has 1 aromatic heterocycles. The van der Waals surface area contributed by atoms with Gasteiger partial charge in [-0.1, -0.05) is 11.8 Å². The molecule has 0 aromatic carbocycles. The molecule has 0 radical (unpaired) electrons. The number of carbonyl (C=O) groups is 2. The predicted octanol–water partition coefficient (Wildman–Crippen LogP) is -0.127. The standard InChI is InChI=1S/C18H25N3O5/c1-20-8-10-21(11-9-20)15(3-2-12-22)16-5-4-14(26-16)13-25-18(24)7-6-17(19)23/h4-5,15,22H,6-13H2,1H3,(H2,19,23). The maximum atomic E-state index is 11.5. The highest BCUT2D eigenvalue weighted by Gasteiger charge is 2.25. The van der Waals surface area contributed by atoms with Crippen molar-refractivity contribution in [2.45, 2.75) is 25.5 Å². The summed E-state index contributed by atoms with van der Waals surface area (Å²) in [5.74, 6) is 5.84. The Kier molecular flexibility index (Phi) is 7.66. The van der Waals surface area contributed by atoms with Gasteiger partial charge in [-0.15, -0.1) is 0 Å². The van der Waals surface area contributed by atoms with Crippen molar-refractivity contribution in [3.63, 3.8) is 0 Å². The highest BCUT2D eigenvalue weighted by Crippen LogP contribution is 2.24. The summed E-state index contributed by atoms with van der Waals surface area (Å²) in [6.45, 7) is 3.33. The summed E-state index contributed by atoms with van der Waals surface area (Å²) in [4.78, 5) is 26.7. The Labute approximate surface area is 152 Å². The number of likely N-dealkylation sites (N-methyl/N-ethyl adjacent to an activating group) is 1. The van der Waals surface area contributed by atoms with E-state index in [4.69, 9.17) is 20.0 Å². The van der Waals surface area contributed by atoms with E-state index < -0.39 is 11.9 Å². The number of piperazine rings is 1. The topological polar surface area (TPSA) is 109 Å². The number of rotatable bonds is 7. The van der Waals surface area contributed by atoms with Crippen molar-refractivity contribution in [3.05, 3.63) is 23.7 Å². The molecule has 142 valence electrons. The second kappa shape index (κ2) is 9.97. The summed E-state index contributed by atoms with van der Waals surface area (Å²) in [6.07, 6.45) is -0.0841. The minimum absolute atomic E-state index is 0.0134. The van der Waals surface area contributed by atoms with Gasteiger partial charge in [-0.25, -0.2) is 0 Å². The zero-order valence-corrected chi connectivity index (χ0v) is 14.9. The second-order valence-corrected chi connectivity index (χ2v) is 6.15. The number of esters is 1. The smallest absolute Gasteiger partial charge is 0.306 e. The van der Waals surface area contributed by atoms with Crippen molar-refractivity contribution < 1.29 is 23.8 Å². The highest BCUT2D eigenvalue weighted by molar-refractivity contribution is 5.79. The van der Waals surface area contributed by atoms with Crippen LogP contribution in [0.5, 0.6) is 0 Å². The third kappa shape index (κ3) is 6.19. The van der Waals surface area contributed by atoms with Gasteiger partial charge in [0.1, 0.15) is 30.8 Å². The first kappa shape index (κ1) is 20.0. The Morgan fingerprint density at radius 3 is 2.69 bits per heavy atom. The van der Waals surface area contributed by atoms with Gasteiger partial charge in [0.05, 0.1) is 6.42 Å². The van der Waals surface area contributed by atoms with E-state index in [9.17, 15) is 9.59 Å². The van der Waals surface area contributed by atoms with Gasteiger partial charge in [-0.05, 0) is 19.2 Å².